The van der Waals surface area contributed by atoms with E-state index in [0.29, 0.717) is 30.7 Å². The van der Waals surface area contributed by atoms with Crippen LogP contribution < -0.4 is 4.72 Å². The molecule has 0 aliphatic heterocycles. The van der Waals surface area contributed by atoms with Crippen LogP contribution in [0.2, 0.25) is 0 Å². The molecule has 0 bridgehead atoms. The molecule has 8 nitrogen and oxygen atoms in total. The molecule has 1 unspecified atom stereocenters. The summed E-state index contributed by atoms with van der Waals surface area (Å²) in [4.78, 5) is 8.56. The van der Waals surface area contributed by atoms with Gasteiger partial charge in [-0.15, -0.1) is 10.2 Å². The van der Waals surface area contributed by atoms with Gasteiger partial charge in [-0.1, -0.05) is 29.8 Å². The van der Waals surface area contributed by atoms with E-state index in [-0.39, 0.29) is 23.6 Å². The quantitative estimate of drug-likeness (QED) is 0.534. The third kappa shape index (κ3) is 5.28. The van der Waals surface area contributed by atoms with E-state index < -0.39 is 22.3 Å². The van der Waals surface area contributed by atoms with Crippen molar-refractivity contribution in [1.82, 2.24) is 24.9 Å². The predicted molar refractivity (Wildman–Crippen MR) is 108 cm³/mol. The average molecular weight is 449 g/mol. The molecule has 164 valence electrons. The van der Waals surface area contributed by atoms with E-state index in [0.717, 1.165) is 11.1 Å². The fraction of sp³-hybridized carbons (Fsp3) is 0.400. The number of rotatable bonds is 9. The second-order valence-electron chi connectivity index (χ2n) is 7.54. The van der Waals surface area contributed by atoms with Crippen molar-refractivity contribution >= 4 is 10.0 Å². The third-order valence-electron chi connectivity index (χ3n) is 5.05. The van der Waals surface area contributed by atoms with Crippen molar-refractivity contribution in [1.29, 1.82) is 0 Å². The number of aryl methyl sites for hydroxylation is 1. The number of halogens is 2. The summed E-state index contributed by atoms with van der Waals surface area (Å²) in [5.41, 5.74) is 2.39. The van der Waals surface area contributed by atoms with Crippen molar-refractivity contribution in [2.24, 2.45) is 0 Å². The van der Waals surface area contributed by atoms with E-state index in [1.807, 2.05) is 31.2 Å². The van der Waals surface area contributed by atoms with E-state index in [1.54, 1.807) is 0 Å². The number of nitrogens with one attached hydrogen (secondary N) is 1. The smallest absolute Gasteiger partial charge is 0.314 e. The maximum absolute atomic E-state index is 12.6. The number of hydrogen-bond donors (Lipinski definition) is 1. The zero-order chi connectivity index (χ0) is 22.0. The Morgan fingerprint density at radius 2 is 1.81 bits per heavy atom. The van der Waals surface area contributed by atoms with Gasteiger partial charge in [-0.2, -0.15) is 8.78 Å². The van der Waals surface area contributed by atoms with Crippen molar-refractivity contribution in [2.75, 3.05) is 6.54 Å². The first-order chi connectivity index (χ1) is 14.8. The molecule has 1 saturated carbocycles. The minimum Gasteiger partial charge on any atom is -0.415 e. The van der Waals surface area contributed by atoms with Crippen LogP contribution in [0.5, 0.6) is 0 Å². The summed E-state index contributed by atoms with van der Waals surface area (Å²) < 4.78 is 57.4. The van der Waals surface area contributed by atoms with Gasteiger partial charge < -0.3 is 4.42 Å². The molecule has 31 heavy (non-hydrogen) atoms. The van der Waals surface area contributed by atoms with Gasteiger partial charge in [0.15, 0.2) is 0 Å². The van der Waals surface area contributed by atoms with E-state index in [4.69, 9.17) is 4.42 Å². The molecule has 1 aliphatic rings. The summed E-state index contributed by atoms with van der Waals surface area (Å²) in [5, 5.41) is 6.57. The number of benzene rings is 1. The molecule has 11 heteroatoms. The lowest BCUT2D eigenvalue weighted by atomic mass is 9.94. The van der Waals surface area contributed by atoms with Crippen molar-refractivity contribution < 1.29 is 21.6 Å². The van der Waals surface area contributed by atoms with Crippen LogP contribution in [0.1, 0.15) is 48.0 Å². The molecular weight excluding hydrogens is 428 g/mol. The summed E-state index contributed by atoms with van der Waals surface area (Å²) >= 11 is 0. The van der Waals surface area contributed by atoms with Gasteiger partial charge in [-0.05, 0) is 25.3 Å². The van der Waals surface area contributed by atoms with Crippen LogP contribution >= 0.6 is 0 Å². The van der Waals surface area contributed by atoms with Crippen LogP contribution in [-0.2, 0) is 16.4 Å². The van der Waals surface area contributed by atoms with Gasteiger partial charge in [0.2, 0.25) is 10.0 Å². The first-order valence-corrected chi connectivity index (χ1v) is 11.3. The number of nitrogens with zero attached hydrogens (tertiary/aromatic N) is 4. The molecule has 4 rings (SSSR count). The fourth-order valence-electron chi connectivity index (χ4n) is 3.09. The first-order valence-electron chi connectivity index (χ1n) is 9.79. The van der Waals surface area contributed by atoms with Gasteiger partial charge in [-0.25, -0.2) is 23.1 Å². The van der Waals surface area contributed by atoms with Crippen LogP contribution in [0, 0.1) is 6.92 Å². The summed E-state index contributed by atoms with van der Waals surface area (Å²) in [6.45, 7) is 2.21. The Balaban J connectivity index is 1.50. The molecule has 2 aromatic heterocycles. The molecule has 1 atom stereocenters. The van der Waals surface area contributed by atoms with Gasteiger partial charge >= 0.3 is 6.43 Å². The zero-order valence-corrected chi connectivity index (χ0v) is 17.5. The minimum absolute atomic E-state index is 0.0888. The molecule has 0 radical (unpaired) electrons. The van der Waals surface area contributed by atoms with Crippen molar-refractivity contribution in [2.45, 2.75) is 43.8 Å². The van der Waals surface area contributed by atoms with Crippen LogP contribution in [0.25, 0.3) is 11.5 Å². The van der Waals surface area contributed by atoms with Gasteiger partial charge in [0.1, 0.15) is 5.82 Å². The van der Waals surface area contributed by atoms with E-state index >= 15 is 0 Å². The second-order valence-corrected chi connectivity index (χ2v) is 9.58. The van der Waals surface area contributed by atoms with Crippen molar-refractivity contribution in [3.8, 4) is 11.5 Å². The monoisotopic (exact) mass is 449 g/mol. The third-order valence-corrected chi connectivity index (χ3v) is 6.97. The molecule has 0 saturated heterocycles. The zero-order valence-electron chi connectivity index (χ0n) is 16.7. The van der Waals surface area contributed by atoms with E-state index in [2.05, 4.69) is 24.9 Å². The highest BCUT2D eigenvalue weighted by molar-refractivity contribution is 7.90. The van der Waals surface area contributed by atoms with Gasteiger partial charge in [-0.3, -0.25) is 0 Å². The molecule has 1 aliphatic carbocycles. The van der Waals surface area contributed by atoms with E-state index in [1.165, 1.54) is 12.4 Å². The molecule has 1 aromatic carbocycles. The van der Waals surface area contributed by atoms with Gasteiger partial charge in [0.05, 0.1) is 10.8 Å². The summed E-state index contributed by atoms with van der Waals surface area (Å²) in [5.74, 6) is -0.544. The lowest BCUT2D eigenvalue weighted by Gasteiger charge is -2.18. The van der Waals surface area contributed by atoms with Crippen LogP contribution in [0.15, 0.2) is 41.1 Å². The second kappa shape index (κ2) is 8.75. The molecule has 1 N–H and O–H groups in total. The van der Waals surface area contributed by atoms with Crippen molar-refractivity contribution in [3.05, 3.63) is 59.5 Å². The maximum atomic E-state index is 12.6. The largest absolute Gasteiger partial charge is 0.415 e. The topological polar surface area (TPSA) is 111 Å². The average Bonchev–Trinajstić information content (AvgIpc) is 3.50. The summed E-state index contributed by atoms with van der Waals surface area (Å²) in [7, 11) is -3.32. The Kier molecular flexibility index (Phi) is 6.05. The van der Waals surface area contributed by atoms with Crippen LogP contribution in [-0.4, -0.2) is 40.4 Å². The first kappa shape index (κ1) is 21.4. The highest BCUT2D eigenvalue weighted by atomic mass is 32.2. The van der Waals surface area contributed by atoms with Crippen molar-refractivity contribution in [3.63, 3.8) is 0 Å². The Labute approximate surface area is 178 Å². The highest BCUT2D eigenvalue weighted by Crippen LogP contribution is 2.28. The van der Waals surface area contributed by atoms with Crippen LogP contribution in [0.3, 0.4) is 0 Å². The SMILES string of the molecule is Cc1ccc(C(CNS(=O)(=O)C2CC2)Cc2ncc(-c3nnc(C(F)F)o3)cn2)cc1. The minimum atomic E-state index is -3.32. The Bertz CT molecular complexity index is 1130. The highest BCUT2D eigenvalue weighted by Gasteiger charge is 2.35. The van der Waals surface area contributed by atoms with Crippen LogP contribution in [0.4, 0.5) is 8.78 Å². The molecule has 1 fully saturated rings. The number of hydrogen-bond acceptors (Lipinski definition) is 7. The Morgan fingerprint density at radius 3 is 2.39 bits per heavy atom. The Morgan fingerprint density at radius 1 is 1.13 bits per heavy atom. The maximum Gasteiger partial charge on any atom is 0.314 e. The number of aromatic nitrogens is 4. The number of alkyl halides is 2. The summed E-state index contributed by atoms with van der Waals surface area (Å²) in [6, 6.07) is 7.86. The normalized spacial score (nSPS) is 15.4. The Hall–Kier alpha value is -2.79. The molecule has 3 aromatic rings. The predicted octanol–water partition coefficient (Wildman–Crippen LogP) is 3.18. The lowest BCUT2D eigenvalue weighted by molar-refractivity contribution is 0.116. The lowest BCUT2D eigenvalue weighted by Crippen LogP contribution is -2.32. The molecule has 0 spiro atoms. The number of sulfonamides is 1. The molecule has 2 heterocycles. The standard InChI is InChI=1S/C20H21F2N5O3S/c1-12-2-4-13(5-3-12)14(11-25-31(28,29)16-6-7-16)8-17-23-9-15(10-24-17)19-26-27-20(30-19)18(21)22/h2-5,9-10,14,16,18,25H,6-8,11H2,1H3. The fourth-order valence-corrected chi connectivity index (χ4v) is 4.52. The van der Waals surface area contributed by atoms with Gasteiger partial charge in [0.25, 0.3) is 11.8 Å². The molecular formula is C20H21F2N5O3S. The summed E-state index contributed by atoms with van der Waals surface area (Å²) in [6.07, 6.45) is 1.77. The van der Waals surface area contributed by atoms with Gasteiger partial charge in [0, 0.05) is 31.3 Å². The van der Waals surface area contributed by atoms with E-state index in [9.17, 15) is 17.2 Å². The molecule has 0 amide bonds.